The fourth-order valence-corrected chi connectivity index (χ4v) is 6.99. The second kappa shape index (κ2) is 4.85. The van der Waals surface area contributed by atoms with E-state index in [9.17, 15) is 4.39 Å². The van der Waals surface area contributed by atoms with E-state index in [-0.39, 0.29) is 5.82 Å². The van der Waals surface area contributed by atoms with Crippen LogP contribution in [-0.2, 0) is 6.42 Å². The summed E-state index contributed by atoms with van der Waals surface area (Å²) < 4.78 is 13.0. The van der Waals surface area contributed by atoms with Crippen molar-refractivity contribution >= 4 is 13.3 Å². The van der Waals surface area contributed by atoms with Gasteiger partial charge in [-0.25, -0.2) is 4.39 Å². The van der Waals surface area contributed by atoms with Gasteiger partial charge in [-0.05, 0) is 42.0 Å². The van der Waals surface area contributed by atoms with Crippen LogP contribution in [0.15, 0.2) is 54.6 Å². The molecular formula is C18H21FSi. The first-order valence-corrected chi connectivity index (χ1v) is 10.3. The molecule has 1 aliphatic carbocycles. The third kappa shape index (κ3) is 2.33. The maximum absolute atomic E-state index is 13.0. The van der Waals surface area contributed by atoms with E-state index in [1.165, 1.54) is 18.4 Å². The van der Waals surface area contributed by atoms with Crippen LogP contribution in [0.5, 0.6) is 0 Å². The van der Waals surface area contributed by atoms with Gasteiger partial charge < -0.3 is 0 Å². The molecule has 0 aromatic heterocycles. The van der Waals surface area contributed by atoms with Gasteiger partial charge in [-0.1, -0.05) is 60.7 Å². The zero-order valence-electron chi connectivity index (χ0n) is 12.2. The Kier molecular flexibility index (Phi) is 3.29. The Morgan fingerprint density at radius 2 is 1.55 bits per heavy atom. The highest BCUT2D eigenvalue weighted by molar-refractivity contribution is 6.93. The SMILES string of the molecule is C[Si](C)(c1ccccc1)C1(Cc2ccc(F)cc2)CC1. The first kappa shape index (κ1) is 13.6. The van der Waals surface area contributed by atoms with Gasteiger partial charge in [0.2, 0.25) is 0 Å². The molecule has 20 heavy (non-hydrogen) atoms. The highest BCUT2D eigenvalue weighted by Crippen LogP contribution is 2.62. The van der Waals surface area contributed by atoms with Gasteiger partial charge >= 0.3 is 0 Å². The quantitative estimate of drug-likeness (QED) is 0.724. The zero-order chi connectivity index (χ0) is 14.2. The molecular weight excluding hydrogens is 263 g/mol. The summed E-state index contributed by atoms with van der Waals surface area (Å²) in [5.74, 6) is -0.141. The van der Waals surface area contributed by atoms with Gasteiger partial charge in [0.1, 0.15) is 5.82 Å². The summed E-state index contributed by atoms with van der Waals surface area (Å²) in [7, 11) is -1.49. The fourth-order valence-electron chi connectivity index (χ4n) is 3.33. The molecule has 0 unspecified atom stereocenters. The van der Waals surface area contributed by atoms with E-state index in [4.69, 9.17) is 0 Å². The van der Waals surface area contributed by atoms with Crippen molar-refractivity contribution in [2.45, 2.75) is 37.4 Å². The summed E-state index contributed by atoms with van der Waals surface area (Å²) in [6.07, 6.45) is 3.73. The van der Waals surface area contributed by atoms with Crippen molar-refractivity contribution in [2.75, 3.05) is 0 Å². The predicted octanol–water partition coefficient (Wildman–Crippen LogP) is 4.52. The lowest BCUT2D eigenvalue weighted by molar-refractivity contribution is 0.626. The molecule has 0 N–H and O–H groups in total. The van der Waals surface area contributed by atoms with Crippen LogP contribution in [0.3, 0.4) is 0 Å². The molecule has 0 nitrogen and oxygen atoms in total. The monoisotopic (exact) mass is 284 g/mol. The third-order valence-electron chi connectivity index (χ3n) is 5.13. The van der Waals surface area contributed by atoms with E-state index in [0.717, 1.165) is 6.42 Å². The van der Waals surface area contributed by atoms with Crippen LogP contribution in [0.1, 0.15) is 18.4 Å². The smallest absolute Gasteiger partial charge is 0.123 e. The van der Waals surface area contributed by atoms with E-state index >= 15 is 0 Å². The molecule has 2 aromatic carbocycles. The van der Waals surface area contributed by atoms with E-state index in [1.807, 2.05) is 12.1 Å². The van der Waals surface area contributed by atoms with Crippen LogP contribution in [0.25, 0.3) is 0 Å². The van der Waals surface area contributed by atoms with Crippen LogP contribution < -0.4 is 5.19 Å². The fraction of sp³-hybridized carbons (Fsp3) is 0.333. The van der Waals surface area contributed by atoms with Gasteiger partial charge in [-0.2, -0.15) is 0 Å². The summed E-state index contributed by atoms with van der Waals surface area (Å²) in [6.45, 7) is 4.97. The van der Waals surface area contributed by atoms with Crippen molar-refractivity contribution in [3.05, 3.63) is 66.0 Å². The van der Waals surface area contributed by atoms with Crippen LogP contribution in [0.2, 0.25) is 18.1 Å². The minimum atomic E-state index is -1.49. The highest BCUT2D eigenvalue weighted by Gasteiger charge is 2.55. The molecule has 1 aliphatic rings. The van der Waals surface area contributed by atoms with Crippen LogP contribution in [-0.4, -0.2) is 8.07 Å². The summed E-state index contributed by atoms with van der Waals surface area (Å²) in [5, 5.41) is 2.01. The molecule has 3 rings (SSSR count). The minimum Gasteiger partial charge on any atom is -0.207 e. The second-order valence-corrected chi connectivity index (χ2v) is 11.5. The normalized spacial score (nSPS) is 16.9. The average Bonchev–Trinajstić information content (AvgIpc) is 3.24. The lowest BCUT2D eigenvalue weighted by Gasteiger charge is -2.33. The lowest BCUT2D eigenvalue weighted by atomic mass is 10.1. The molecule has 2 heteroatoms. The molecule has 0 bridgehead atoms. The molecule has 0 atom stereocenters. The number of hydrogen-bond donors (Lipinski definition) is 0. The van der Waals surface area contributed by atoms with E-state index in [1.54, 1.807) is 17.3 Å². The number of hydrogen-bond acceptors (Lipinski definition) is 0. The first-order valence-electron chi connectivity index (χ1n) is 7.34. The van der Waals surface area contributed by atoms with Gasteiger partial charge in [-0.15, -0.1) is 0 Å². The lowest BCUT2D eigenvalue weighted by Crippen LogP contribution is -2.48. The summed E-state index contributed by atoms with van der Waals surface area (Å²) >= 11 is 0. The molecule has 0 saturated heterocycles. The summed E-state index contributed by atoms with van der Waals surface area (Å²) in [5.41, 5.74) is 1.28. The summed E-state index contributed by atoms with van der Waals surface area (Å²) in [6, 6.07) is 18.0. The van der Waals surface area contributed by atoms with Crippen molar-refractivity contribution in [1.29, 1.82) is 0 Å². The van der Waals surface area contributed by atoms with Crippen molar-refractivity contribution < 1.29 is 4.39 Å². The Morgan fingerprint density at radius 1 is 0.950 bits per heavy atom. The Balaban J connectivity index is 1.87. The molecule has 2 aromatic rings. The third-order valence-corrected chi connectivity index (χ3v) is 10.2. The van der Waals surface area contributed by atoms with E-state index in [2.05, 4.69) is 43.4 Å². The maximum atomic E-state index is 13.0. The standard InChI is InChI=1S/C18H21FSi/c1-20(2,17-6-4-3-5-7-17)18(12-13-18)14-15-8-10-16(19)11-9-15/h3-11H,12-14H2,1-2H3. The van der Waals surface area contributed by atoms with E-state index < -0.39 is 8.07 Å². The Labute approximate surface area is 121 Å². The van der Waals surface area contributed by atoms with Crippen molar-refractivity contribution in [1.82, 2.24) is 0 Å². The molecule has 0 radical (unpaired) electrons. The van der Waals surface area contributed by atoms with Gasteiger partial charge in [0.15, 0.2) is 0 Å². The molecule has 0 aliphatic heterocycles. The topological polar surface area (TPSA) is 0 Å². The zero-order valence-corrected chi connectivity index (χ0v) is 13.2. The molecule has 0 amide bonds. The largest absolute Gasteiger partial charge is 0.207 e. The van der Waals surface area contributed by atoms with Crippen molar-refractivity contribution in [3.63, 3.8) is 0 Å². The molecule has 0 spiro atoms. The molecule has 1 fully saturated rings. The number of halogens is 1. The van der Waals surface area contributed by atoms with Gasteiger partial charge in [-0.3, -0.25) is 0 Å². The van der Waals surface area contributed by atoms with Crippen LogP contribution in [0.4, 0.5) is 4.39 Å². The minimum absolute atomic E-state index is 0.141. The number of rotatable bonds is 4. The average molecular weight is 284 g/mol. The predicted molar refractivity (Wildman–Crippen MR) is 85.6 cm³/mol. The van der Waals surface area contributed by atoms with Crippen molar-refractivity contribution in [3.8, 4) is 0 Å². The second-order valence-electron chi connectivity index (χ2n) is 6.57. The number of benzene rings is 2. The van der Waals surface area contributed by atoms with Gasteiger partial charge in [0.05, 0.1) is 8.07 Å². The Morgan fingerprint density at radius 3 is 2.10 bits per heavy atom. The van der Waals surface area contributed by atoms with E-state index in [0.29, 0.717) is 5.04 Å². The van der Waals surface area contributed by atoms with Crippen molar-refractivity contribution in [2.24, 2.45) is 0 Å². The molecule has 1 saturated carbocycles. The first-order chi connectivity index (χ1) is 9.53. The van der Waals surface area contributed by atoms with Crippen LogP contribution >= 0.6 is 0 Å². The maximum Gasteiger partial charge on any atom is 0.123 e. The van der Waals surface area contributed by atoms with Gasteiger partial charge in [0, 0.05) is 0 Å². The molecule has 104 valence electrons. The Hall–Kier alpha value is -1.41. The Bertz CT molecular complexity index is 583. The summed E-state index contributed by atoms with van der Waals surface area (Å²) in [4.78, 5) is 0. The van der Waals surface area contributed by atoms with Crippen LogP contribution in [0, 0.1) is 5.82 Å². The highest BCUT2D eigenvalue weighted by atomic mass is 28.3. The molecule has 0 heterocycles. The van der Waals surface area contributed by atoms with Gasteiger partial charge in [0.25, 0.3) is 0 Å².